The summed E-state index contributed by atoms with van der Waals surface area (Å²) >= 11 is 2.04. The number of nitrogens with one attached hydrogen (secondary N) is 1. The van der Waals surface area contributed by atoms with E-state index in [1.807, 2.05) is 18.7 Å². The zero-order valence-electron chi connectivity index (χ0n) is 8.36. The summed E-state index contributed by atoms with van der Waals surface area (Å²) in [6.07, 6.45) is 6.05. The van der Waals surface area contributed by atoms with Crippen LogP contribution in [0, 0.1) is 6.92 Å². The van der Waals surface area contributed by atoms with E-state index in [0.29, 0.717) is 6.04 Å². The summed E-state index contributed by atoms with van der Waals surface area (Å²) in [7, 11) is 0. The van der Waals surface area contributed by atoms with Crippen LogP contribution in [-0.4, -0.2) is 27.5 Å². The highest BCUT2D eigenvalue weighted by molar-refractivity contribution is 7.99. The van der Waals surface area contributed by atoms with Crippen molar-refractivity contribution in [3.8, 4) is 0 Å². The van der Waals surface area contributed by atoms with E-state index in [9.17, 15) is 0 Å². The quantitative estimate of drug-likeness (QED) is 0.809. The number of aromatic nitrogens is 2. The van der Waals surface area contributed by atoms with Crippen LogP contribution < -0.4 is 5.32 Å². The molecule has 0 aromatic carbocycles. The number of anilines is 1. The monoisotopic (exact) mass is 209 g/mol. The van der Waals surface area contributed by atoms with Crippen molar-refractivity contribution >= 4 is 17.6 Å². The summed E-state index contributed by atoms with van der Waals surface area (Å²) in [6, 6.07) is 0.590. The van der Waals surface area contributed by atoms with E-state index >= 15 is 0 Å². The third-order valence-electron chi connectivity index (χ3n) is 2.33. The van der Waals surface area contributed by atoms with Crippen molar-refractivity contribution in [3.63, 3.8) is 0 Å². The van der Waals surface area contributed by atoms with E-state index in [1.54, 1.807) is 12.4 Å². The van der Waals surface area contributed by atoms with Gasteiger partial charge in [0.1, 0.15) is 5.82 Å². The molecule has 0 saturated carbocycles. The first-order valence-corrected chi connectivity index (χ1v) is 6.13. The molecule has 0 bridgehead atoms. The molecule has 3 nitrogen and oxygen atoms in total. The normalized spacial score (nSPS) is 18.1. The zero-order chi connectivity index (χ0) is 9.80. The molecule has 1 aromatic heterocycles. The predicted molar refractivity (Wildman–Crippen MR) is 60.7 cm³/mol. The lowest BCUT2D eigenvalue weighted by Gasteiger charge is -2.22. The smallest absolute Gasteiger partial charge is 0.145 e. The Morgan fingerprint density at radius 1 is 1.36 bits per heavy atom. The molecular formula is C10H15N3S. The first kappa shape index (κ1) is 9.77. The fourth-order valence-electron chi connectivity index (χ4n) is 1.58. The summed E-state index contributed by atoms with van der Waals surface area (Å²) in [5, 5.41) is 3.43. The number of hydrogen-bond acceptors (Lipinski definition) is 4. The van der Waals surface area contributed by atoms with Gasteiger partial charge in [0, 0.05) is 12.2 Å². The molecular weight excluding hydrogens is 194 g/mol. The van der Waals surface area contributed by atoms with Crippen molar-refractivity contribution in [3.05, 3.63) is 18.1 Å². The Labute approximate surface area is 88.7 Å². The minimum Gasteiger partial charge on any atom is -0.366 e. The molecule has 0 unspecified atom stereocenters. The molecule has 4 heteroatoms. The van der Waals surface area contributed by atoms with Gasteiger partial charge in [-0.1, -0.05) is 0 Å². The molecule has 14 heavy (non-hydrogen) atoms. The molecule has 1 aromatic rings. The second kappa shape index (κ2) is 4.64. The second-order valence-corrected chi connectivity index (χ2v) is 4.80. The van der Waals surface area contributed by atoms with E-state index in [-0.39, 0.29) is 0 Å². The largest absolute Gasteiger partial charge is 0.366 e. The van der Waals surface area contributed by atoms with Crippen LogP contribution in [0.5, 0.6) is 0 Å². The molecule has 2 heterocycles. The third-order valence-corrected chi connectivity index (χ3v) is 3.38. The van der Waals surface area contributed by atoms with Crippen LogP contribution in [0.3, 0.4) is 0 Å². The van der Waals surface area contributed by atoms with Gasteiger partial charge in [0.05, 0.1) is 11.9 Å². The Morgan fingerprint density at radius 2 is 2.14 bits per heavy atom. The van der Waals surface area contributed by atoms with Gasteiger partial charge < -0.3 is 5.32 Å². The number of rotatable bonds is 2. The SMILES string of the molecule is Cc1cncc(NC2CCSCC2)n1. The van der Waals surface area contributed by atoms with Crippen molar-refractivity contribution in [1.82, 2.24) is 9.97 Å². The summed E-state index contributed by atoms with van der Waals surface area (Å²) < 4.78 is 0. The Morgan fingerprint density at radius 3 is 2.86 bits per heavy atom. The van der Waals surface area contributed by atoms with Crippen molar-refractivity contribution in [2.24, 2.45) is 0 Å². The van der Waals surface area contributed by atoms with E-state index < -0.39 is 0 Å². The van der Waals surface area contributed by atoms with Crippen LogP contribution in [-0.2, 0) is 0 Å². The highest BCUT2D eigenvalue weighted by atomic mass is 32.2. The Balaban J connectivity index is 1.95. The zero-order valence-corrected chi connectivity index (χ0v) is 9.18. The van der Waals surface area contributed by atoms with Crippen molar-refractivity contribution < 1.29 is 0 Å². The van der Waals surface area contributed by atoms with Crippen LogP contribution in [0.2, 0.25) is 0 Å². The van der Waals surface area contributed by atoms with Gasteiger partial charge in [0.25, 0.3) is 0 Å². The van der Waals surface area contributed by atoms with Crippen LogP contribution >= 0.6 is 11.8 Å². The molecule has 0 radical (unpaired) electrons. The van der Waals surface area contributed by atoms with Gasteiger partial charge in [0.15, 0.2) is 0 Å². The van der Waals surface area contributed by atoms with Crippen LogP contribution in [0.15, 0.2) is 12.4 Å². The van der Waals surface area contributed by atoms with Gasteiger partial charge in [-0.25, -0.2) is 4.98 Å². The summed E-state index contributed by atoms with van der Waals surface area (Å²) in [5.74, 6) is 3.44. The van der Waals surface area contributed by atoms with Gasteiger partial charge in [0.2, 0.25) is 0 Å². The Bertz CT molecular complexity index is 297. The standard InChI is InChI=1S/C10H15N3S/c1-8-6-11-7-10(12-8)13-9-2-4-14-5-3-9/h6-7,9H,2-5H2,1H3,(H,12,13). The van der Waals surface area contributed by atoms with Crippen molar-refractivity contribution in [1.29, 1.82) is 0 Å². The molecule has 0 spiro atoms. The molecule has 1 fully saturated rings. The third kappa shape index (κ3) is 2.61. The maximum atomic E-state index is 4.39. The molecule has 0 atom stereocenters. The topological polar surface area (TPSA) is 37.8 Å². The number of thioether (sulfide) groups is 1. The number of aryl methyl sites for hydroxylation is 1. The van der Waals surface area contributed by atoms with Gasteiger partial charge in [-0.3, -0.25) is 4.98 Å². The van der Waals surface area contributed by atoms with Crippen LogP contribution in [0.4, 0.5) is 5.82 Å². The number of hydrogen-bond donors (Lipinski definition) is 1. The molecule has 76 valence electrons. The lowest BCUT2D eigenvalue weighted by atomic mass is 10.1. The molecule has 0 amide bonds. The van der Waals surface area contributed by atoms with Gasteiger partial charge in [-0.05, 0) is 31.3 Å². The molecule has 1 aliphatic rings. The lowest BCUT2D eigenvalue weighted by Crippen LogP contribution is -2.25. The summed E-state index contributed by atoms with van der Waals surface area (Å²) in [6.45, 7) is 1.97. The minimum atomic E-state index is 0.590. The summed E-state index contributed by atoms with van der Waals surface area (Å²) in [5.41, 5.74) is 0.972. The second-order valence-electron chi connectivity index (χ2n) is 3.58. The highest BCUT2D eigenvalue weighted by Gasteiger charge is 2.13. The molecule has 1 aliphatic heterocycles. The maximum absolute atomic E-state index is 4.39. The van der Waals surface area contributed by atoms with E-state index in [1.165, 1.54) is 24.3 Å². The average Bonchev–Trinajstić information content (AvgIpc) is 2.19. The van der Waals surface area contributed by atoms with E-state index in [0.717, 1.165) is 11.5 Å². The molecule has 1 N–H and O–H groups in total. The summed E-state index contributed by atoms with van der Waals surface area (Å²) in [4.78, 5) is 8.51. The van der Waals surface area contributed by atoms with Gasteiger partial charge in [-0.2, -0.15) is 11.8 Å². The lowest BCUT2D eigenvalue weighted by molar-refractivity contribution is 0.663. The first-order valence-electron chi connectivity index (χ1n) is 4.97. The van der Waals surface area contributed by atoms with Crippen LogP contribution in [0.25, 0.3) is 0 Å². The van der Waals surface area contributed by atoms with Crippen LogP contribution in [0.1, 0.15) is 18.5 Å². The van der Waals surface area contributed by atoms with Gasteiger partial charge >= 0.3 is 0 Å². The minimum absolute atomic E-state index is 0.590. The fraction of sp³-hybridized carbons (Fsp3) is 0.600. The molecule has 0 aliphatic carbocycles. The highest BCUT2D eigenvalue weighted by Crippen LogP contribution is 2.19. The fourth-order valence-corrected chi connectivity index (χ4v) is 2.69. The Kier molecular flexibility index (Phi) is 3.24. The maximum Gasteiger partial charge on any atom is 0.145 e. The first-order chi connectivity index (χ1) is 6.84. The Hall–Kier alpha value is -0.770. The van der Waals surface area contributed by atoms with Crippen molar-refractivity contribution in [2.75, 3.05) is 16.8 Å². The predicted octanol–water partition coefficient (Wildman–Crippen LogP) is 2.09. The van der Waals surface area contributed by atoms with E-state index in [4.69, 9.17) is 0 Å². The van der Waals surface area contributed by atoms with Gasteiger partial charge in [-0.15, -0.1) is 0 Å². The molecule has 1 saturated heterocycles. The van der Waals surface area contributed by atoms with E-state index in [2.05, 4.69) is 15.3 Å². The number of nitrogens with zero attached hydrogens (tertiary/aromatic N) is 2. The average molecular weight is 209 g/mol. The molecule has 2 rings (SSSR count). The van der Waals surface area contributed by atoms with Crippen molar-refractivity contribution in [2.45, 2.75) is 25.8 Å².